The molecule has 1 N–H and O–H groups in total. The van der Waals surface area contributed by atoms with Gasteiger partial charge in [0.25, 0.3) is 0 Å². The number of nitrogens with zero attached hydrogens (tertiary/aromatic N) is 2. The van der Waals surface area contributed by atoms with Gasteiger partial charge in [0, 0.05) is 18.4 Å². The van der Waals surface area contributed by atoms with Crippen LogP contribution in [0.5, 0.6) is 6.01 Å². The molecule has 0 aliphatic heterocycles. The summed E-state index contributed by atoms with van der Waals surface area (Å²) < 4.78 is 5.24. The Kier molecular flexibility index (Phi) is 3.47. The van der Waals surface area contributed by atoms with Crippen LogP contribution in [0.2, 0.25) is 0 Å². The van der Waals surface area contributed by atoms with Crippen molar-refractivity contribution in [2.24, 2.45) is 0 Å². The minimum absolute atomic E-state index is 0.449. The summed E-state index contributed by atoms with van der Waals surface area (Å²) in [5.74, 6) is 0. The number of aryl methyl sites for hydroxylation is 1. The van der Waals surface area contributed by atoms with Crippen LogP contribution >= 0.6 is 0 Å². The van der Waals surface area contributed by atoms with Crippen LogP contribution in [0.25, 0.3) is 0 Å². The molecule has 1 aromatic heterocycles. The molecule has 0 aliphatic carbocycles. The molecule has 0 saturated carbocycles. The summed E-state index contributed by atoms with van der Waals surface area (Å²) in [4.78, 5) is 8.03. The van der Waals surface area contributed by atoms with Gasteiger partial charge in [0.15, 0.2) is 0 Å². The molecule has 0 unspecified atom stereocenters. The quantitative estimate of drug-likeness (QED) is 0.659. The molecule has 0 radical (unpaired) electrons. The van der Waals surface area contributed by atoms with Gasteiger partial charge in [-0.25, -0.2) is 9.97 Å². The Hall–Kier alpha value is -1.16. The van der Waals surface area contributed by atoms with Crippen LogP contribution in [0.1, 0.15) is 5.69 Å². The molecule has 4 heteroatoms. The second kappa shape index (κ2) is 4.66. The fourth-order valence-corrected chi connectivity index (χ4v) is 0.740. The van der Waals surface area contributed by atoms with Gasteiger partial charge in [0.05, 0.1) is 0 Å². The van der Waals surface area contributed by atoms with Crippen molar-refractivity contribution in [3.05, 3.63) is 18.0 Å². The SMILES string of the molecule is CNCCOc1nccc(C)n1. The highest BCUT2D eigenvalue weighted by Crippen LogP contribution is 2.00. The van der Waals surface area contributed by atoms with Crippen LogP contribution in [-0.2, 0) is 0 Å². The maximum absolute atomic E-state index is 5.24. The van der Waals surface area contributed by atoms with Crippen LogP contribution in [0.4, 0.5) is 0 Å². The molecule has 0 saturated heterocycles. The van der Waals surface area contributed by atoms with Crippen molar-refractivity contribution in [3.8, 4) is 6.01 Å². The van der Waals surface area contributed by atoms with Gasteiger partial charge < -0.3 is 10.1 Å². The predicted octanol–water partition coefficient (Wildman–Crippen LogP) is 0.383. The zero-order chi connectivity index (χ0) is 8.81. The average molecular weight is 167 g/mol. The third-order valence-corrected chi connectivity index (χ3v) is 1.36. The summed E-state index contributed by atoms with van der Waals surface area (Å²) >= 11 is 0. The van der Waals surface area contributed by atoms with Crippen molar-refractivity contribution in [3.63, 3.8) is 0 Å². The molecule has 1 heterocycles. The van der Waals surface area contributed by atoms with E-state index in [1.165, 1.54) is 0 Å². The lowest BCUT2D eigenvalue weighted by Crippen LogP contribution is -2.16. The van der Waals surface area contributed by atoms with Crippen LogP contribution in [0.3, 0.4) is 0 Å². The first-order valence-electron chi connectivity index (χ1n) is 3.90. The minimum atomic E-state index is 0.449. The van der Waals surface area contributed by atoms with Crippen molar-refractivity contribution in [1.29, 1.82) is 0 Å². The summed E-state index contributed by atoms with van der Waals surface area (Å²) in [6.07, 6.45) is 1.69. The van der Waals surface area contributed by atoms with Gasteiger partial charge in [-0.3, -0.25) is 0 Å². The molecular weight excluding hydrogens is 154 g/mol. The molecule has 66 valence electrons. The normalized spacial score (nSPS) is 9.83. The molecule has 0 bridgehead atoms. The highest BCUT2D eigenvalue weighted by Gasteiger charge is 1.95. The van der Waals surface area contributed by atoms with Gasteiger partial charge in [0.1, 0.15) is 6.61 Å². The van der Waals surface area contributed by atoms with E-state index in [2.05, 4.69) is 15.3 Å². The standard InChI is InChI=1S/C8H13N3O/c1-7-3-4-10-8(11-7)12-6-5-9-2/h3-4,9H,5-6H2,1-2H3. The first-order chi connectivity index (χ1) is 5.83. The van der Waals surface area contributed by atoms with E-state index in [0.717, 1.165) is 12.2 Å². The monoisotopic (exact) mass is 167 g/mol. The van der Waals surface area contributed by atoms with Gasteiger partial charge in [0.2, 0.25) is 0 Å². The molecule has 12 heavy (non-hydrogen) atoms. The van der Waals surface area contributed by atoms with E-state index >= 15 is 0 Å². The lowest BCUT2D eigenvalue weighted by Gasteiger charge is -2.02. The fourth-order valence-electron chi connectivity index (χ4n) is 0.740. The summed E-state index contributed by atoms with van der Waals surface area (Å²) in [7, 11) is 1.88. The molecule has 1 aromatic rings. The van der Waals surface area contributed by atoms with Crippen molar-refractivity contribution in [2.75, 3.05) is 20.2 Å². The van der Waals surface area contributed by atoms with Gasteiger partial charge in [-0.1, -0.05) is 0 Å². The maximum Gasteiger partial charge on any atom is 0.316 e. The molecule has 1 rings (SSSR count). The smallest absolute Gasteiger partial charge is 0.316 e. The summed E-state index contributed by atoms with van der Waals surface area (Å²) in [5, 5.41) is 2.97. The van der Waals surface area contributed by atoms with E-state index in [1.54, 1.807) is 6.20 Å². The molecule has 4 nitrogen and oxygen atoms in total. The molecule has 0 atom stereocenters. The van der Waals surface area contributed by atoms with Crippen LogP contribution in [0, 0.1) is 6.92 Å². The maximum atomic E-state index is 5.24. The van der Waals surface area contributed by atoms with Crippen molar-refractivity contribution in [2.45, 2.75) is 6.92 Å². The first-order valence-corrected chi connectivity index (χ1v) is 3.90. The Balaban J connectivity index is 2.41. The van der Waals surface area contributed by atoms with E-state index in [9.17, 15) is 0 Å². The largest absolute Gasteiger partial charge is 0.462 e. The number of rotatable bonds is 4. The van der Waals surface area contributed by atoms with E-state index in [4.69, 9.17) is 4.74 Å². The topological polar surface area (TPSA) is 47.0 Å². The Morgan fingerprint density at radius 2 is 2.42 bits per heavy atom. The van der Waals surface area contributed by atoms with Gasteiger partial charge in [-0.05, 0) is 20.0 Å². The summed E-state index contributed by atoms with van der Waals surface area (Å²) in [5.41, 5.74) is 0.921. The van der Waals surface area contributed by atoms with Gasteiger partial charge in [-0.15, -0.1) is 0 Å². The molecule has 0 aliphatic rings. The summed E-state index contributed by atoms with van der Waals surface area (Å²) in [6.45, 7) is 3.31. The second-order valence-electron chi connectivity index (χ2n) is 2.43. The molecule has 0 fully saturated rings. The fraction of sp³-hybridized carbons (Fsp3) is 0.500. The van der Waals surface area contributed by atoms with Crippen molar-refractivity contribution >= 4 is 0 Å². The van der Waals surface area contributed by atoms with E-state index in [1.807, 2.05) is 20.0 Å². The lowest BCUT2D eigenvalue weighted by molar-refractivity contribution is 0.293. The number of hydrogen-bond donors (Lipinski definition) is 1. The Bertz CT molecular complexity index is 239. The number of likely N-dealkylation sites (N-methyl/N-ethyl adjacent to an activating group) is 1. The number of hydrogen-bond acceptors (Lipinski definition) is 4. The third kappa shape index (κ3) is 2.84. The average Bonchev–Trinajstić information content (AvgIpc) is 2.05. The molecular formula is C8H13N3O. The predicted molar refractivity (Wildman–Crippen MR) is 46.2 cm³/mol. The molecule has 0 amide bonds. The first kappa shape index (κ1) is 8.93. The van der Waals surface area contributed by atoms with Crippen LogP contribution < -0.4 is 10.1 Å². The van der Waals surface area contributed by atoms with E-state index < -0.39 is 0 Å². The van der Waals surface area contributed by atoms with Gasteiger partial charge in [-0.2, -0.15) is 0 Å². The molecule has 0 spiro atoms. The third-order valence-electron chi connectivity index (χ3n) is 1.36. The highest BCUT2D eigenvalue weighted by molar-refractivity contribution is 5.02. The van der Waals surface area contributed by atoms with Crippen LogP contribution in [0.15, 0.2) is 12.3 Å². The molecule has 0 aromatic carbocycles. The van der Waals surface area contributed by atoms with Gasteiger partial charge >= 0.3 is 6.01 Å². The van der Waals surface area contributed by atoms with Crippen molar-refractivity contribution < 1.29 is 4.74 Å². The van der Waals surface area contributed by atoms with Crippen molar-refractivity contribution in [1.82, 2.24) is 15.3 Å². The van der Waals surface area contributed by atoms with E-state index in [-0.39, 0.29) is 0 Å². The zero-order valence-electron chi connectivity index (χ0n) is 7.37. The second-order valence-corrected chi connectivity index (χ2v) is 2.43. The highest BCUT2D eigenvalue weighted by atomic mass is 16.5. The minimum Gasteiger partial charge on any atom is -0.462 e. The zero-order valence-corrected chi connectivity index (χ0v) is 7.37. The Labute approximate surface area is 72.0 Å². The van der Waals surface area contributed by atoms with E-state index in [0.29, 0.717) is 12.6 Å². The lowest BCUT2D eigenvalue weighted by atomic mass is 10.5. The number of aromatic nitrogens is 2. The number of ether oxygens (including phenoxy) is 1. The summed E-state index contributed by atoms with van der Waals surface area (Å²) in [6, 6.07) is 2.29. The number of nitrogens with one attached hydrogen (secondary N) is 1. The Morgan fingerprint density at radius 1 is 1.58 bits per heavy atom. The van der Waals surface area contributed by atoms with Crippen LogP contribution in [-0.4, -0.2) is 30.2 Å². The Morgan fingerprint density at radius 3 is 3.08 bits per heavy atom.